The first-order chi connectivity index (χ1) is 4.22. The summed E-state index contributed by atoms with van der Waals surface area (Å²) in [4.78, 5) is 12.9. The van der Waals surface area contributed by atoms with E-state index in [1.807, 2.05) is 7.05 Å². The van der Waals surface area contributed by atoms with Crippen LogP contribution in [0.2, 0.25) is 0 Å². The molecule has 0 aromatic rings. The highest BCUT2D eigenvalue weighted by Crippen LogP contribution is 2.14. The van der Waals surface area contributed by atoms with Crippen LogP contribution in [0.25, 0.3) is 0 Å². The summed E-state index contributed by atoms with van der Waals surface area (Å²) in [6.45, 7) is 2.76. The Morgan fingerprint density at radius 2 is 2.33 bits per heavy atom. The third kappa shape index (κ3) is 1.30. The van der Waals surface area contributed by atoms with Gasteiger partial charge in [0.15, 0.2) is 0 Å². The van der Waals surface area contributed by atoms with Gasteiger partial charge >= 0.3 is 0 Å². The Morgan fingerprint density at radius 1 is 1.67 bits per heavy atom. The normalized spacial score (nSPS) is 28.9. The van der Waals surface area contributed by atoms with Crippen LogP contribution < -0.4 is 0 Å². The number of carbonyl (C=O) groups excluding carboxylic acids is 1. The molecule has 1 atom stereocenters. The average molecular weight is 127 g/mol. The van der Waals surface area contributed by atoms with Gasteiger partial charge in [0.1, 0.15) is 5.78 Å². The molecule has 1 rings (SSSR count). The number of carbonyl (C=O) groups is 1. The Kier molecular flexibility index (Phi) is 1.86. The van der Waals surface area contributed by atoms with Gasteiger partial charge in [0, 0.05) is 0 Å². The lowest BCUT2D eigenvalue weighted by Crippen LogP contribution is -2.30. The Balaban J connectivity index is 2.49. The largest absolute Gasteiger partial charge is 0.298 e. The van der Waals surface area contributed by atoms with E-state index in [9.17, 15) is 4.79 Å². The average Bonchev–Trinajstić information content (AvgIpc) is 2.13. The van der Waals surface area contributed by atoms with Gasteiger partial charge in [-0.05, 0) is 33.4 Å². The number of Topliss-reactive ketones (excluding diaryl/α,β-unsaturated/α-hetero) is 1. The number of hydrogen-bond acceptors (Lipinski definition) is 2. The van der Waals surface area contributed by atoms with Crippen molar-refractivity contribution in [2.45, 2.75) is 25.8 Å². The third-order valence-electron chi connectivity index (χ3n) is 1.99. The summed E-state index contributed by atoms with van der Waals surface area (Å²) in [6, 6.07) is 0.227. The second-order valence-corrected chi connectivity index (χ2v) is 2.75. The molecule has 0 aromatic carbocycles. The lowest BCUT2D eigenvalue weighted by Gasteiger charge is -2.14. The molecule has 0 amide bonds. The van der Waals surface area contributed by atoms with E-state index in [1.54, 1.807) is 6.92 Å². The molecular formula is C7H13NO. The zero-order valence-corrected chi connectivity index (χ0v) is 6.05. The number of hydrogen-bond donors (Lipinski definition) is 0. The summed E-state index contributed by atoms with van der Waals surface area (Å²) in [5.74, 6) is 0.315. The van der Waals surface area contributed by atoms with Gasteiger partial charge in [0.05, 0.1) is 6.04 Å². The number of rotatable bonds is 1. The van der Waals surface area contributed by atoms with Crippen molar-refractivity contribution in [2.75, 3.05) is 13.6 Å². The predicted molar refractivity (Wildman–Crippen MR) is 36.3 cm³/mol. The summed E-state index contributed by atoms with van der Waals surface area (Å²) >= 11 is 0. The van der Waals surface area contributed by atoms with Gasteiger partial charge in [0.2, 0.25) is 0 Å². The van der Waals surface area contributed by atoms with E-state index in [2.05, 4.69) is 4.90 Å². The van der Waals surface area contributed by atoms with Crippen LogP contribution in [-0.2, 0) is 4.79 Å². The summed E-state index contributed by atoms with van der Waals surface area (Å²) < 4.78 is 0. The van der Waals surface area contributed by atoms with Gasteiger partial charge in [0.25, 0.3) is 0 Å². The fourth-order valence-electron chi connectivity index (χ4n) is 1.42. The number of likely N-dealkylation sites (tertiary alicyclic amines) is 1. The molecule has 0 spiro atoms. The molecule has 1 heterocycles. The van der Waals surface area contributed by atoms with Gasteiger partial charge in [-0.2, -0.15) is 0 Å². The minimum Gasteiger partial charge on any atom is -0.298 e. The first-order valence-electron chi connectivity index (χ1n) is 3.42. The highest BCUT2D eigenvalue weighted by atomic mass is 16.1. The number of likely N-dealkylation sites (N-methyl/N-ethyl adjacent to an activating group) is 1. The molecule has 2 nitrogen and oxygen atoms in total. The molecule has 1 fully saturated rings. The van der Waals surface area contributed by atoms with Crippen molar-refractivity contribution in [2.24, 2.45) is 0 Å². The van der Waals surface area contributed by atoms with Crippen molar-refractivity contribution in [1.82, 2.24) is 4.90 Å². The molecule has 0 radical (unpaired) electrons. The molecule has 1 aliphatic rings. The van der Waals surface area contributed by atoms with Gasteiger partial charge in [-0.1, -0.05) is 0 Å². The van der Waals surface area contributed by atoms with Crippen LogP contribution >= 0.6 is 0 Å². The SMILES string of the molecule is CC(=O)C1CCCN1C. The monoisotopic (exact) mass is 127 g/mol. The van der Waals surface area contributed by atoms with Crippen molar-refractivity contribution in [1.29, 1.82) is 0 Å². The fraction of sp³-hybridized carbons (Fsp3) is 0.857. The maximum Gasteiger partial charge on any atom is 0.146 e. The minimum atomic E-state index is 0.227. The maximum absolute atomic E-state index is 10.8. The summed E-state index contributed by atoms with van der Waals surface area (Å²) in [5, 5.41) is 0. The van der Waals surface area contributed by atoms with Crippen LogP contribution in [0.4, 0.5) is 0 Å². The topological polar surface area (TPSA) is 20.3 Å². The molecule has 1 aliphatic heterocycles. The van der Waals surface area contributed by atoms with Crippen molar-refractivity contribution >= 4 is 5.78 Å². The van der Waals surface area contributed by atoms with Gasteiger partial charge in [-0.15, -0.1) is 0 Å². The molecule has 0 aliphatic carbocycles. The first-order valence-corrected chi connectivity index (χ1v) is 3.42. The van der Waals surface area contributed by atoms with E-state index in [-0.39, 0.29) is 6.04 Å². The second kappa shape index (κ2) is 2.48. The summed E-state index contributed by atoms with van der Waals surface area (Å²) in [5.41, 5.74) is 0. The smallest absolute Gasteiger partial charge is 0.146 e. The zero-order valence-electron chi connectivity index (χ0n) is 6.05. The zero-order chi connectivity index (χ0) is 6.85. The first kappa shape index (κ1) is 6.75. The molecule has 1 saturated heterocycles. The van der Waals surface area contributed by atoms with Crippen molar-refractivity contribution < 1.29 is 4.79 Å². The van der Waals surface area contributed by atoms with Crippen LogP contribution in [-0.4, -0.2) is 30.3 Å². The van der Waals surface area contributed by atoms with E-state index >= 15 is 0 Å². The molecule has 0 saturated carbocycles. The second-order valence-electron chi connectivity index (χ2n) is 2.75. The molecule has 0 aromatic heterocycles. The lowest BCUT2D eigenvalue weighted by atomic mass is 10.1. The highest BCUT2D eigenvalue weighted by Gasteiger charge is 2.23. The van der Waals surface area contributed by atoms with Crippen LogP contribution in [0.3, 0.4) is 0 Å². The molecule has 2 heteroatoms. The standard InChI is InChI=1S/C7H13NO/c1-6(9)7-4-3-5-8(7)2/h7H,3-5H2,1-2H3. The van der Waals surface area contributed by atoms with Crippen molar-refractivity contribution in [3.63, 3.8) is 0 Å². The van der Waals surface area contributed by atoms with Gasteiger partial charge < -0.3 is 0 Å². The third-order valence-corrected chi connectivity index (χ3v) is 1.99. The molecule has 0 bridgehead atoms. The van der Waals surface area contributed by atoms with E-state index in [0.29, 0.717) is 5.78 Å². The lowest BCUT2D eigenvalue weighted by molar-refractivity contribution is -0.120. The quantitative estimate of drug-likeness (QED) is 0.516. The van der Waals surface area contributed by atoms with E-state index in [0.717, 1.165) is 13.0 Å². The van der Waals surface area contributed by atoms with E-state index < -0.39 is 0 Å². The fourth-order valence-corrected chi connectivity index (χ4v) is 1.42. The van der Waals surface area contributed by atoms with Crippen molar-refractivity contribution in [3.05, 3.63) is 0 Å². The van der Waals surface area contributed by atoms with Crippen LogP contribution in [0.15, 0.2) is 0 Å². The number of ketones is 1. The van der Waals surface area contributed by atoms with Gasteiger partial charge in [-0.3, -0.25) is 9.69 Å². The van der Waals surface area contributed by atoms with Crippen LogP contribution in [0.1, 0.15) is 19.8 Å². The Bertz CT molecular complexity index is 122. The molecule has 9 heavy (non-hydrogen) atoms. The molecular weight excluding hydrogens is 114 g/mol. The van der Waals surface area contributed by atoms with E-state index in [4.69, 9.17) is 0 Å². The molecule has 1 unspecified atom stereocenters. The Morgan fingerprint density at radius 3 is 2.56 bits per heavy atom. The Hall–Kier alpha value is -0.370. The molecule has 52 valence electrons. The van der Waals surface area contributed by atoms with Gasteiger partial charge in [-0.25, -0.2) is 0 Å². The minimum absolute atomic E-state index is 0.227. The highest BCUT2D eigenvalue weighted by molar-refractivity contribution is 5.81. The predicted octanol–water partition coefficient (Wildman–Crippen LogP) is 0.670. The summed E-state index contributed by atoms with van der Waals surface area (Å²) in [7, 11) is 2.01. The van der Waals surface area contributed by atoms with Crippen LogP contribution in [0.5, 0.6) is 0 Å². The van der Waals surface area contributed by atoms with Crippen LogP contribution in [0, 0.1) is 0 Å². The van der Waals surface area contributed by atoms with E-state index in [1.165, 1.54) is 6.42 Å². The number of nitrogens with zero attached hydrogens (tertiary/aromatic N) is 1. The van der Waals surface area contributed by atoms with Crippen molar-refractivity contribution in [3.8, 4) is 0 Å². The summed E-state index contributed by atoms with van der Waals surface area (Å²) in [6.07, 6.45) is 2.24. The Labute approximate surface area is 55.8 Å². The maximum atomic E-state index is 10.8. The molecule has 0 N–H and O–H groups in total.